The fraction of sp³-hybridized carbons (Fsp3) is 0.391. The number of hydrogen-bond acceptors (Lipinski definition) is 8. The van der Waals surface area contributed by atoms with Gasteiger partial charge in [0.25, 0.3) is 5.56 Å². The lowest BCUT2D eigenvalue weighted by Gasteiger charge is -2.11. The van der Waals surface area contributed by atoms with Gasteiger partial charge in [0, 0.05) is 23.0 Å². The van der Waals surface area contributed by atoms with E-state index >= 15 is 0 Å². The van der Waals surface area contributed by atoms with Gasteiger partial charge in [-0.25, -0.2) is 14.5 Å². The smallest absolute Gasteiger partial charge is 0.359 e. The first kappa shape index (κ1) is 23.3. The number of rotatable bonds is 10. The van der Waals surface area contributed by atoms with Gasteiger partial charge >= 0.3 is 5.97 Å². The third kappa shape index (κ3) is 5.26. The molecule has 0 aliphatic rings. The van der Waals surface area contributed by atoms with Crippen LogP contribution >= 0.6 is 11.3 Å². The zero-order valence-corrected chi connectivity index (χ0v) is 18.9. The maximum absolute atomic E-state index is 12.8. The quantitative estimate of drug-likeness (QED) is 0.340. The third-order valence-electron chi connectivity index (χ3n) is 4.96. The van der Waals surface area contributed by atoms with Crippen LogP contribution in [0.2, 0.25) is 0 Å². The summed E-state index contributed by atoms with van der Waals surface area (Å²) in [6.07, 6.45) is 3.84. The standard InChI is InChI=1S/C23H24N4O4S/c1-3-4-5-8-11-27-22(29)17-10-7-6-9-16(17)20(26-27)23(30)31-13-19(28)18(12-24)21-25-15(2)14-32-21/h6-7,9-10,14,18H,3-5,8,11,13H2,1-2H3/t18-/m1/s1. The highest BCUT2D eigenvalue weighted by molar-refractivity contribution is 7.09. The van der Waals surface area contributed by atoms with E-state index < -0.39 is 24.3 Å². The molecule has 1 atom stereocenters. The van der Waals surface area contributed by atoms with E-state index in [2.05, 4.69) is 17.0 Å². The molecule has 9 heteroatoms. The van der Waals surface area contributed by atoms with Gasteiger partial charge in [0.05, 0.1) is 11.5 Å². The number of thiazole rings is 1. The molecule has 166 valence electrons. The van der Waals surface area contributed by atoms with Crippen molar-refractivity contribution < 1.29 is 14.3 Å². The summed E-state index contributed by atoms with van der Waals surface area (Å²) in [5.41, 5.74) is 0.419. The molecule has 2 aromatic heterocycles. The summed E-state index contributed by atoms with van der Waals surface area (Å²) in [6, 6.07) is 8.61. The lowest BCUT2D eigenvalue weighted by Crippen LogP contribution is -2.27. The summed E-state index contributed by atoms with van der Waals surface area (Å²) in [7, 11) is 0. The number of fused-ring (bicyclic) bond motifs is 1. The average Bonchev–Trinajstić information content (AvgIpc) is 3.22. The maximum atomic E-state index is 12.8. The van der Waals surface area contributed by atoms with Crippen molar-refractivity contribution in [1.82, 2.24) is 14.8 Å². The van der Waals surface area contributed by atoms with Gasteiger partial charge in [-0.2, -0.15) is 10.4 Å². The largest absolute Gasteiger partial charge is 0.453 e. The highest BCUT2D eigenvalue weighted by Gasteiger charge is 2.26. The predicted molar refractivity (Wildman–Crippen MR) is 121 cm³/mol. The molecule has 2 heterocycles. The molecule has 3 rings (SSSR count). The van der Waals surface area contributed by atoms with Crippen LogP contribution in [0.5, 0.6) is 0 Å². The van der Waals surface area contributed by atoms with Crippen molar-refractivity contribution in [3.05, 3.63) is 56.4 Å². The molecular weight excluding hydrogens is 428 g/mol. The van der Waals surface area contributed by atoms with Crippen LogP contribution < -0.4 is 5.56 Å². The van der Waals surface area contributed by atoms with E-state index in [1.165, 1.54) is 16.0 Å². The van der Waals surface area contributed by atoms with Gasteiger partial charge in [0.1, 0.15) is 5.01 Å². The van der Waals surface area contributed by atoms with Crippen LogP contribution in [0, 0.1) is 18.3 Å². The molecule has 32 heavy (non-hydrogen) atoms. The van der Waals surface area contributed by atoms with Gasteiger partial charge < -0.3 is 4.74 Å². The fourth-order valence-electron chi connectivity index (χ4n) is 3.28. The Labute approximate surface area is 189 Å². The molecule has 0 amide bonds. The number of carbonyl (C=O) groups is 2. The summed E-state index contributed by atoms with van der Waals surface area (Å²) in [5, 5.41) is 16.5. The van der Waals surface area contributed by atoms with Crippen molar-refractivity contribution in [3.8, 4) is 6.07 Å². The molecule has 0 saturated heterocycles. The molecule has 0 fully saturated rings. The van der Waals surface area contributed by atoms with Crippen LogP contribution in [-0.4, -0.2) is 33.1 Å². The number of benzene rings is 1. The Morgan fingerprint density at radius 3 is 2.62 bits per heavy atom. The van der Waals surface area contributed by atoms with Crippen LogP contribution in [0.1, 0.15) is 59.7 Å². The minimum absolute atomic E-state index is 0.0258. The first-order valence-corrected chi connectivity index (χ1v) is 11.4. The van der Waals surface area contributed by atoms with Gasteiger partial charge in [0.15, 0.2) is 24.0 Å². The van der Waals surface area contributed by atoms with E-state index in [4.69, 9.17) is 4.74 Å². The van der Waals surface area contributed by atoms with Crippen molar-refractivity contribution in [3.63, 3.8) is 0 Å². The summed E-state index contributed by atoms with van der Waals surface area (Å²) < 4.78 is 6.49. The highest BCUT2D eigenvalue weighted by atomic mass is 32.1. The topological polar surface area (TPSA) is 115 Å². The number of hydrogen-bond donors (Lipinski definition) is 0. The van der Waals surface area contributed by atoms with Crippen molar-refractivity contribution in [1.29, 1.82) is 5.26 Å². The summed E-state index contributed by atoms with van der Waals surface area (Å²) >= 11 is 1.21. The van der Waals surface area contributed by atoms with Gasteiger partial charge in [0.2, 0.25) is 0 Å². The molecular formula is C23H24N4O4S. The second kappa shape index (κ2) is 10.8. The lowest BCUT2D eigenvalue weighted by atomic mass is 10.1. The monoisotopic (exact) mass is 452 g/mol. The van der Waals surface area contributed by atoms with Crippen LogP contribution in [-0.2, 0) is 16.1 Å². The molecule has 0 unspecified atom stereocenters. The molecule has 0 saturated carbocycles. The number of ketones is 1. The summed E-state index contributed by atoms with van der Waals surface area (Å²) in [5.74, 6) is -2.48. The van der Waals surface area contributed by atoms with Crippen molar-refractivity contribution in [2.75, 3.05) is 6.61 Å². The van der Waals surface area contributed by atoms with Crippen molar-refractivity contribution >= 4 is 33.9 Å². The highest BCUT2D eigenvalue weighted by Crippen LogP contribution is 2.21. The van der Waals surface area contributed by atoms with Crippen LogP contribution in [0.25, 0.3) is 10.8 Å². The van der Waals surface area contributed by atoms with Crippen LogP contribution in [0.15, 0.2) is 34.4 Å². The fourth-order valence-corrected chi connectivity index (χ4v) is 4.14. The Bertz CT molecular complexity index is 1220. The normalized spacial score (nSPS) is 11.8. The first-order valence-electron chi connectivity index (χ1n) is 10.5. The molecule has 8 nitrogen and oxygen atoms in total. The van der Waals surface area contributed by atoms with E-state index in [0.717, 1.165) is 25.7 Å². The zero-order chi connectivity index (χ0) is 23.1. The average molecular weight is 453 g/mol. The Morgan fingerprint density at radius 2 is 1.97 bits per heavy atom. The van der Waals surface area contributed by atoms with Gasteiger partial charge in [-0.1, -0.05) is 44.4 Å². The molecule has 0 bridgehead atoms. The number of nitrogens with zero attached hydrogens (tertiary/aromatic N) is 4. The van der Waals surface area contributed by atoms with Crippen molar-refractivity contribution in [2.24, 2.45) is 0 Å². The number of aryl methyl sites for hydroxylation is 2. The Kier molecular flexibility index (Phi) is 7.84. The molecule has 0 aliphatic carbocycles. The molecule has 3 aromatic rings. The SMILES string of the molecule is CCCCCCn1nc(C(=O)OCC(=O)[C@@H](C#N)c2nc(C)cs2)c2ccccc2c1=O. The molecule has 0 N–H and O–H groups in total. The number of Topliss-reactive ketones (excluding diaryl/α,β-unsaturated/α-hetero) is 1. The molecule has 0 spiro atoms. The number of esters is 1. The van der Waals surface area contributed by atoms with E-state index in [1.807, 2.05) is 6.07 Å². The second-order valence-corrected chi connectivity index (χ2v) is 8.30. The third-order valence-corrected chi connectivity index (χ3v) is 5.99. The van der Waals surface area contributed by atoms with Gasteiger partial charge in [-0.15, -0.1) is 11.3 Å². The minimum Gasteiger partial charge on any atom is -0.453 e. The Hall–Kier alpha value is -3.38. The van der Waals surface area contributed by atoms with E-state index in [9.17, 15) is 19.6 Å². The zero-order valence-electron chi connectivity index (χ0n) is 18.0. The van der Waals surface area contributed by atoms with Crippen LogP contribution in [0.3, 0.4) is 0 Å². The lowest BCUT2D eigenvalue weighted by molar-refractivity contribution is -0.122. The maximum Gasteiger partial charge on any atom is 0.359 e. The van der Waals surface area contributed by atoms with E-state index in [-0.39, 0.29) is 11.3 Å². The Balaban J connectivity index is 1.80. The molecule has 1 aromatic carbocycles. The molecule has 0 radical (unpaired) electrons. The summed E-state index contributed by atoms with van der Waals surface area (Å²) in [4.78, 5) is 42.3. The van der Waals surface area contributed by atoms with Crippen LogP contribution in [0.4, 0.5) is 0 Å². The number of unbranched alkanes of at least 4 members (excludes halogenated alkanes) is 3. The number of ether oxygens (including phenoxy) is 1. The Morgan fingerprint density at radius 1 is 1.22 bits per heavy atom. The minimum atomic E-state index is -1.10. The summed E-state index contributed by atoms with van der Waals surface area (Å²) in [6.45, 7) is 3.68. The van der Waals surface area contributed by atoms with Crippen molar-refractivity contribution in [2.45, 2.75) is 52.0 Å². The van der Waals surface area contributed by atoms with Gasteiger partial charge in [-0.05, 0) is 19.4 Å². The molecule has 0 aliphatic heterocycles. The predicted octanol–water partition coefficient (Wildman–Crippen LogP) is 3.78. The number of aromatic nitrogens is 3. The number of nitriles is 1. The first-order chi connectivity index (χ1) is 15.5. The number of carbonyl (C=O) groups excluding carboxylic acids is 2. The van der Waals surface area contributed by atoms with E-state index in [0.29, 0.717) is 28.0 Å². The second-order valence-electron chi connectivity index (χ2n) is 7.41. The van der Waals surface area contributed by atoms with Gasteiger partial charge in [-0.3, -0.25) is 9.59 Å². The van der Waals surface area contributed by atoms with E-state index in [1.54, 1.807) is 36.6 Å².